The van der Waals surface area contributed by atoms with Crippen LogP contribution in [0.1, 0.15) is 108 Å². The molecule has 0 bridgehead atoms. The third-order valence-electron chi connectivity index (χ3n) is 5.07. The van der Waals surface area contributed by atoms with Crippen molar-refractivity contribution in [2.45, 2.75) is 103 Å². The average molecular weight is 371 g/mol. The highest BCUT2D eigenvalue weighted by atomic mass is 16.1. The lowest BCUT2D eigenvalue weighted by Gasteiger charge is -2.11. The largest absolute Gasteiger partial charge is 0.337 e. The van der Waals surface area contributed by atoms with Crippen molar-refractivity contribution in [3.63, 3.8) is 0 Å². The zero-order chi connectivity index (χ0) is 19.6. The first-order valence-corrected chi connectivity index (χ1v) is 11.0. The van der Waals surface area contributed by atoms with Gasteiger partial charge in [0.05, 0.1) is 6.07 Å². The molecule has 0 aliphatic rings. The summed E-state index contributed by atoms with van der Waals surface area (Å²) < 4.78 is 0. The molecule has 0 fully saturated rings. The second kappa shape index (κ2) is 16.4. The van der Waals surface area contributed by atoms with E-state index < -0.39 is 6.04 Å². The Morgan fingerprint density at radius 2 is 1.33 bits per heavy atom. The van der Waals surface area contributed by atoms with Gasteiger partial charge >= 0.3 is 0 Å². The number of nitriles is 1. The molecule has 1 aromatic carbocycles. The van der Waals surface area contributed by atoms with E-state index in [9.17, 15) is 10.1 Å². The van der Waals surface area contributed by atoms with E-state index in [1.54, 1.807) is 0 Å². The van der Waals surface area contributed by atoms with Crippen LogP contribution in [0.25, 0.3) is 0 Å². The number of amides is 1. The van der Waals surface area contributed by atoms with Gasteiger partial charge in [-0.1, -0.05) is 114 Å². The summed E-state index contributed by atoms with van der Waals surface area (Å²) in [5.74, 6) is -0.0199. The molecule has 0 spiro atoms. The highest BCUT2D eigenvalue weighted by Crippen LogP contribution is 2.14. The Morgan fingerprint density at radius 1 is 0.852 bits per heavy atom. The van der Waals surface area contributed by atoms with Crippen molar-refractivity contribution < 1.29 is 4.79 Å². The van der Waals surface area contributed by atoms with Gasteiger partial charge in [0, 0.05) is 6.42 Å². The van der Waals surface area contributed by atoms with Gasteiger partial charge in [0.15, 0.2) is 0 Å². The summed E-state index contributed by atoms with van der Waals surface area (Å²) in [4.78, 5) is 12.0. The van der Waals surface area contributed by atoms with E-state index in [1.807, 2.05) is 30.3 Å². The average Bonchev–Trinajstić information content (AvgIpc) is 2.70. The summed E-state index contributed by atoms with van der Waals surface area (Å²) in [5, 5.41) is 12.1. The molecule has 0 saturated heterocycles. The van der Waals surface area contributed by atoms with Gasteiger partial charge in [0.25, 0.3) is 0 Å². The van der Waals surface area contributed by atoms with E-state index in [0.29, 0.717) is 6.42 Å². The van der Waals surface area contributed by atoms with E-state index >= 15 is 0 Å². The van der Waals surface area contributed by atoms with Crippen molar-refractivity contribution in [2.75, 3.05) is 0 Å². The van der Waals surface area contributed by atoms with E-state index in [-0.39, 0.29) is 5.91 Å². The first kappa shape index (κ1) is 23.2. The third-order valence-corrected chi connectivity index (χ3v) is 5.07. The zero-order valence-corrected chi connectivity index (χ0v) is 17.2. The number of hydrogen-bond acceptors (Lipinski definition) is 2. The van der Waals surface area contributed by atoms with Crippen LogP contribution < -0.4 is 5.32 Å². The Labute approximate surface area is 166 Å². The van der Waals surface area contributed by atoms with Crippen LogP contribution in [-0.2, 0) is 4.79 Å². The van der Waals surface area contributed by atoms with Gasteiger partial charge in [-0.3, -0.25) is 4.79 Å². The maximum absolute atomic E-state index is 12.0. The molecule has 3 heteroatoms. The van der Waals surface area contributed by atoms with Crippen molar-refractivity contribution in [1.82, 2.24) is 5.32 Å². The van der Waals surface area contributed by atoms with Crippen molar-refractivity contribution in [2.24, 2.45) is 0 Å². The number of benzene rings is 1. The van der Waals surface area contributed by atoms with Gasteiger partial charge in [-0.25, -0.2) is 0 Å². The Kier molecular flexibility index (Phi) is 14.1. The van der Waals surface area contributed by atoms with E-state index in [2.05, 4.69) is 18.3 Å². The number of carbonyl (C=O) groups excluding carboxylic acids is 1. The monoisotopic (exact) mass is 370 g/mol. The molecule has 1 unspecified atom stereocenters. The van der Waals surface area contributed by atoms with Crippen LogP contribution in [0.3, 0.4) is 0 Å². The van der Waals surface area contributed by atoms with Gasteiger partial charge in [-0.05, 0) is 12.0 Å². The summed E-state index contributed by atoms with van der Waals surface area (Å²) in [6.45, 7) is 2.26. The fourth-order valence-corrected chi connectivity index (χ4v) is 3.37. The van der Waals surface area contributed by atoms with Crippen LogP contribution in [0.5, 0.6) is 0 Å². The van der Waals surface area contributed by atoms with Crippen LogP contribution in [0.2, 0.25) is 0 Å². The van der Waals surface area contributed by atoms with Crippen LogP contribution >= 0.6 is 0 Å². The van der Waals surface area contributed by atoms with Crippen molar-refractivity contribution in [3.8, 4) is 6.07 Å². The first-order chi connectivity index (χ1) is 13.3. The standard InChI is InChI=1S/C24H38N2O/c1-2-3-4-5-6-7-8-9-10-11-12-13-17-20-24(27)26-23(21-25)22-18-15-14-16-19-22/h14-16,18-19,23H,2-13,17,20H2,1H3,(H,26,27). The quantitative estimate of drug-likeness (QED) is 0.323. The number of nitrogens with one attached hydrogen (secondary N) is 1. The molecule has 0 aliphatic heterocycles. The molecule has 0 aliphatic carbocycles. The minimum Gasteiger partial charge on any atom is -0.337 e. The Bertz CT molecular complexity index is 521. The van der Waals surface area contributed by atoms with Crippen molar-refractivity contribution in [1.29, 1.82) is 5.26 Å². The highest BCUT2D eigenvalue weighted by Gasteiger charge is 2.12. The maximum atomic E-state index is 12.0. The molecule has 1 N–H and O–H groups in total. The molecule has 1 amide bonds. The van der Waals surface area contributed by atoms with Crippen LogP contribution in [-0.4, -0.2) is 5.91 Å². The van der Waals surface area contributed by atoms with Gasteiger partial charge in [-0.2, -0.15) is 5.26 Å². The second-order valence-electron chi connectivity index (χ2n) is 7.53. The molecule has 27 heavy (non-hydrogen) atoms. The fourth-order valence-electron chi connectivity index (χ4n) is 3.37. The lowest BCUT2D eigenvalue weighted by atomic mass is 10.0. The lowest BCUT2D eigenvalue weighted by Crippen LogP contribution is -2.27. The molecule has 0 saturated carbocycles. The zero-order valence-electron chi connectivity index (χ0n) is 17.2. The summed E-state index contributed by atoms with van der Waals surface area (Å²) >= 11 is 0. The second-order valence-corrected chi connectivity index (χ2v) is 7.53. The molecule has 1 atom stereocenters. The number of nitrogens with zero attached hydrogens (tertiary/aromatic N) is 1. The topological polar surface area (TPSA) is 52.9 Å². The first-order valence-electron chi connectivity index (χ1n) is 11.0. The molecule has 3 nitrogen and oxygen atoms in total. The lowest BCUT2D eigenvalue weighted by molar-refractivity contribution is -0.121. The van der Waals surface area contributed by atoms with Crippen molar-refractivity contribution >= 4 is 5.91 Å². The molecular weight excluding hydrogens is 332 g/mol. The van der Waals surface area contributed by atoms with Gasteiger partial charge < -0.3 is 5.32 Å². The smallest absolute Gasteiger partial charge is 0.221 e. The highest BCUT2D eigenvalue weighted by molar-refractivity contribution is 5.76. The van der Waals surface area contributed by atoms with Crippen molar-refractivity contribution in [3.05, 3.63) is 35.9 Å². The third kappa shape index (κ3) is 12.2. The molecule has 1 rings (SSSR count). The predicted octanol–water partition coefficient (Wildman–Crippen LogP) is 6.85. The Hall–Kier alpha value is -1.82. The Balaban J connectivity index is 1.94. The van der Waals surface area contributed by atoms with E-state index in [0.717, 1.165) is 18.4 Å². The van der Waals surface area contributed by atoms with E-state index in [4.69, 9.17) is 0 Å². The van der Waals surface area contributed by atoms with Crippen LogP contribution in [0.4, 0.5) is 0 Å². The number of carbonyl (C=O) groups is 1. The minimum atomic E-state index is -0.541. The SMILES string of the molecule is CCCCCCCCCCCCCCCC(=O)NC(C#N)c1ccccc1. The normalized spacial score (nSPS) is 11.7. The van der Waals surface area contributed by atoms with Crippen LogP contribution in [0.15, 0.2) is 30.3 Å². The number of rotatable bonds is 16. The summed E-state index contributed by atoms with van der Waals surface area (Å²) in [6, 6.07) is 11.1. The Morgan fingerprint density at radius 3 is 1.81 bits per heavy atom. The van der Waals surface area contributed by atoms with Gasteiger partial charge in [0.1, 0.15) is 6.04 Å². The summed E-state index contributed by atoms with van der Waals surface area (Å²) in [5.41, 5.74) is 0.846. The summed E-state index contributed by atoms with van der Waals surface area (Å²) in [6.07, 6.45) is 17.4. The fraction of sp³-hybridized carbons (Fsp3) is 0.667. The molecule has 0 radical (unpaired) electrons. The molecule has 1 aromatic rings. The molecular formula is C24H38N2O. The van der Waals surface area contributed by atoms with Crippen LogP contribution in [0, 0.1) is 11.3 Å². The maximum Gasteiger partial charge on any atom is 0.221 e. The molecule has 0 heterocycles. The summed E-state index contributed by atoms with van der Waals surface area (Å²) in [7, 11) is 0. The van der Waals surface area contributed by atoms with Gasteiger partial charge in [-0.15, -0.1) is 0 Å². The molecule has 0 aromatic heterocycles. The molecule has 150 valence electrons. The number of unbranched alkanes of at least 4 members (excludes halogenated alkanes) is 12. The minimum absolute atomic E-state index is 0.0199. The van der Waals surface area contributed by atoms with E-state index in [1.165, 1.54) is 70.6 Å². The van der Waals surface area contributed by atoms with Gasteiger partial charge in [0.2, 0.25) is 5.91 Å². The number of hydrogen-bond donors (Lipinski definition) is 1. The predicted molar refractivity (Wildman–Crippen MR) is 113 cm³/mol.